The Labute approximate surface area is 153 Å². The van der Waals surface area contributed by atoms with Crippen molar-refractivity contribution in [2.75, 3.05) is 5.73 Å². The zero-order valence-electron chi connectivity index (χ0n) is 14.4. The van der Waals surface area contributed by atoms with Gasteiger partial charge in [0.25, 0.3) is 5.91 Å². The Kier molecular flexibility index (Phi) is 4.13. The lowest BCUT2D eigenvalue weighted by atomic mass is 9.82. The van der Waals surface area contributed by atoms with Crippen molar-refractivity contribution in [3.05, 3.63) is 21.7 Å². The van der Waals surface area contributed by atoms with Crippen LogP contribution >= 0.6 is 11.3 Å². The number of thiophene rings is 1. The zero-order chi connectivity index (χ0) is 18.6. The Morgan fingerprint density at radius 2 is 2.08 bits per heavy atom. The Balaban J connectivity index is 1.91. The standard InChI is InChI=1S/C18H20F3N3OS/c1-2-8-3-6-11-10(7-8)13(18(19,20)21)12-14(22)15(26-17(12)24-11)16(25)23-9-4-5-9/h8-9H,2-7,22H2,1H3,(H,23,25). The van der Waals surface area contributed by atoms with Crippen LogP contribution in [-0.4, -0.2) is 16.9 Å². The molecular formula is C18H20F3N3OS. The second-order valence-electron chi connectivity index (χ2n) is 7.20. The lowest BCUT2D eigenvalue weighted by Gasteiger charge is -2.26. The van der Waals surface area contributed by atoms with Crippen molar-refractivity contribution >= 4 is 33.1 Å². The van der Waals surface area contributed by atoms with E-state index < -0.39 is 17.6 Å². The normalized spacial score (nSPS) is 20.2. The molecule has 1 unspecified atom stereocenters. The van der Waals surface area contributed by atoms with Crippen LogP contribution in [0.3, 0.4) is 0 Å². The van der Waals surface area contributed by atoms with E-state index in [0.29, 0.717) is 18.5 Å². The number of hydrogen-bond donors (Lipinski definition) is 2. The summed E-state index contributed by atoms with van der Waals surface area (Å²) < 4.78 is 41.9. The minimum atomic E-state index is -4.53. The summed E-state index contributed by atoms with van der Waals surface area (Å²) in [6.45, 7) is 1.99. The highest BCUT2D eigenvalue weighted by molar-refractivity contribution is 7.21. The number of carbonyl (C=O) groups excluding carboxylic acids is 1. The molecule has 2 aromatic rings. The fourth-order valence-electron chi connectivity index (χ4n) is 3.70. The molecule has 0 aliphatic heterocycles. The minimum Gasteiger partial charge on any atom is -0.397 e. The number of pyridine rings is 1. The van der Waals surface area contributed by atoms with Crippen LogP contribution < -0.4 is 11.1 Å². The van der Waals surface area contributed by atoms with Gasteiger partial charge in [0, 0.05) is 17.1 Å². The number of nitrogens with one attached hydrogen (secondary N) is 1. The number of aromatic nitrogens is 1. The summed E-state index contributed by atoms with van der Waals surface area (Å²) in [4.78, 5) is 17.2. The number of anilines is 1. The van der Waals surface area contributed by atoms with E-state index in [0.717, 1.165) is 37.0 Å². The maximum atomic E-state index is 14.0. The highest BCUT2D eigenvalue weighted by atomic mass is 32.1. The third-order valence-electron chi connectivity index (χ3n) is 5.33. The molecule has 0 radical (unpaired) electrons. The molecule has 4 nitrogen and oxygen atoms in total. The molecule has 2 aliphatic rings. The molecule has 1 saturated carbocycles. The lowest BCUT2D eigenvalue weighted by molar-refractivity contribution is -0.137. The molecule has 0 aromatic carbocycles. The van der Waals surface area contributed by atoms with Crippen molar-refractivity contribution in [3.8, 4) is 0 Å². The van der Waals surface area contributed by atoms with Crippen molar-refractivity contribution in [1.82, 2.24) is 10.3 Å². The molecule has 0 spiro atoms. The number of amides is 1. The third-order valence-corrected chi connectivity index (χ3v) is 6.42. The van der Waals surface area contributed by atoms with Crippen LogP contribution in [0.2, 0.25) is 0 Å². The van der Waals surface area contributed by atoms with Gasteiger partial charge >= 0.3 is 6.18 Å². The molecule has 26 heavy (non-hydrogen) atoms. The van der Waals surface area contributed by atoms with Crippen molar-refractivity contribution in [2.45, 2.75) is 57.7 Å². The molecule has 0 bridgehead atoms. The summed E-state index contributed by atoms with van der Waals surface area (Å²) in [5.41, 5.74) is 6.04. The number of alkyl halides is 3. The second kappa shape index (κ2) is 6.11. The molecule has 1 atom stereocenters. The van der Waals surface area contributed by atoms with E-state index in [4.69, 9.17) is 5.73 Å². The van der Waals surface area contributed by atoms with Gasteiger partial charge in [0.05, 0.1) is 11.3 Å². The molecule has 140 valence electrons. The largest absolute Gasteiger partial charge is 0.417 e. The molecule has 3 N–H and O–H groups in total. The van der Waals surface area contributed by atoms with Gasteiger partial charge in [-0.15, -0.1) is 11.3 Å². The van der Waals surface area contributed by atoms with Crippen LogP contribution in [0.25, 0.3) is 10.2 Å². The average Bonchev–Trinajstić information content (AvgIpc) is 3.34. The highest BCUT2D eigenvalue weighted by Gasteiger charge is 2.41. The van der Waals surface area contributed by atoms with E-state index in [1.807, 2.05) is 6.92 Å². The number of nitrogens with two attached hydrogens (primary N) is 1. The Hall–Kier alpha value is -1.83. The maximum absolute atomic E-state index is 14.0. The average molecular weight is 383 g/mol. The second-order valence-corrected chi connectivity index (χ2v) is 8.20. The predicted octanol–water partition coefficient (Wildman–Crippen LogP) is 4.30. The van der Waals surface area contributed by atoms with Gasteiger partial charge in [0.2, 0.25) is 0 Å². The first-order valence-corrected chi connectivity index (χ1v) is 9.73. The summed E-state index contributed by atoms with van der Waals surface area (Å²) in [5, 5.41) is 2.70. The first kappa shape index (κ1) is 17.6. The van der Waals surface area contributed by atoms with Gasteiger partial charge in [-0.25, -0.2) is 4.98 Å². The molecule has 1 amide bonds. The smallest absolute Gasteiger partial charge is 0.397 e. The number of hydrogen-bond acceptors (Lipinski definition) is 4. The summed E-state index contributed by atoms with van der Waals surface area (Å²) in [6, 6.07) is 0.112. The van der Waals surface area contributed by atoms with Crippen molar-refractivity contribution in [3.63, 3.8) is 0 Å². The van der Waals surface area contributed by atoms with Crippen LogP contribution in [0.4, 0.5) is 18.9 Å². The van der Waals surface area contributed by atoms with E-state index in [2.05, 4.69) is 10.3 Å². The number of nitrogen functional groups attached to an aromatic ring is 1. The van der Waals surface area contributed by atoms with Crippen LogP contribution in [0, 0.1) is 5.92 Å². The number of halogens is 3. The summed E-state index contributed by atoms with van der Waals surface area (Å²) in [6.07, 6.45) is -0.153. The van der Waals surface area contributed by atoms with Gasteiger partial charge < -0.3 is 11.1 Å². The highest BCUT2D eigenvalue weighted by Crippen LogP contribution is 2.46. The van der Waals surface area contributed by atoms with Crippen molar-refractivity contribution < 1.29 is 18.0 Å². The number of rotatable bonds is 3. The summed E-state index contributed by atoms with van der Waals surface area (Å²) >= 11 is 0.963. The van der Waals surface area contributed by atoms with Gasteiger partial charge in [-0.2, -0.15) is 13.2 Å². The molecule has 8 heteroatoms. The summed E-state index contributed by atoms with van der Waals surface area (Å²) in [5.74, 6) is -0.175. The molecular weight excluding hydrogens is 363 g/mol. The fourth-order valence-corrected chi connectivity index (χ4v) is 4.73. The van der Waals surface area contributed by atoms with Gasteiger partial charge in [-0.1, -0.05) is 13.3 Å². The first-order valence-electron chi connectivity index (χ1n) is 8.91. The first-order chi connectivity index (χ1) is 12.3. The maximum Gasteiger partial charge on any atom is 0.417 e. The SMILES string of the molecule is CCC1CCc2nc3sc(C(=O)NC4CC4)c(N)c3c(C(F)(F)F)c2C1. The monoisotopic (exact) mass is 383 g/mol. The Morgan fingerprint density at radius 1 is 1.35 bits per heavy atom. The van der Waals surface area contributed by atoms with E-state index in [-0.39, 0.29) is 38.3 Å². The molecule has 1 fully saturated rings. The van der Waals surface area contributed by atoms with Crippen LogP contribution in [0.15, 0.2) is 0 Å². The van der Waals surface area contributed by atoms with Crippen LogP contribution in [0.5, 0.6) is 0 Å². The topological polar surface area (TPSA) is 68.0 Å². The molecule has 2 aliphatic carbocycles. The lowest BCUT2D eigenvalue weighted by Crippen LogP contribution is -2.25. The van der Waals surface area contributed by atoms with Crippen LogP contribution in [0.1, 0.15) is 59.1 Å². The minimum absolute atomic E-state index is 0.0932. The fraction of sp³-hybridized carbons (Fsp3) is 0.556. The molecule has 0 saturated heterocycles. The number of aryl methyl sites for hydroxylation is 1. The van der Waals surface area contributed by atoms with E-state index in [1.54, 1.807) is 0 Å². The number of carbonyl (C=O) groups is 1. The van der Waals surface area contributed by atoms with Crippen LogP contribution in [-0.2, 0) is 19.0 Å². The molecule has 2 aromatic heterocycles. The number of fused-ring (bicyclic) bond motifs is 2. The Morgan fingerprint density at radius 3 is 2.69 bits per heavy atom. The van der Waals surface area contributed by atoms with E-state index in [9.17, 15) is 18.0 Å². The summed E-state index contributed by atoms with van der Waals surface area (Å²) in [7, 11) is 0. The van der Waals surface area contributed by atoms with Gasteiger partial charge in [0.1, 0.15) is 9.71 Å². The predicted molar refractivity (Wildman–Crippen MR) is 95.3 cm³/mol. The zero-order valence-corrected chi connectivity index (χ0v) is 15.2. The molecule has 2 heterocycles. The number of nitrogens with zero attached hydrogens (tertiary/aromatic N) is 1. The van der Waals surface area contributed by atoms with E-state index >= 15 is 0 Å². The van der Waals surface area contributed by atoms with Crippen molar-refractivity contribution in [1.29, 1.82) is 0 Å². The van der Waals surface area contributed by atoms with Gasteiger partial charge in [0.15, 0.2) is 0 Å². The quantitative estimate of drug-likeness (QED) is 0.830. The van der Waals surface area contributed by atoms with E-state index in [1.165, 1.54) is 0 Å². The van der Waals surface area contributed by atoms with Crippen molar-refractivity contribution in [2.24, 2.45) is 5.92 Å². The third kappa shape index (κ3) is 2.94. The Bertz CT molecular complexity index is 886. The van der Waals surface area contributed by atoms with Gasteiger partial charge in [-0.3, -0.25) is 4.79 Å². The van der Waals surface area contributed by atoms with Gasteiger partial charge in [-0.05, 0) is 43.6 Å². The molecule has 4 rings (SSSR count).